The molecule has 1 atom stereocenters. The summed E-state index contributed by atoms with van der Waals surface area (Å²) in [5.74, 6) is 1.34. The Hall–Kier alpha value is -1.53. The third-order valence-corrected chi connectivity index (χ3v) is 4.67. The lowest BCUT2D eigenvalue weighted by Crippen LogP contribution is -2.26. The molecule has 1 unspecified atom stereocenters. The Kier molecular flexibility index (Phi) is 5.25. The number of carbonyl (C=O) groups excluding carboxylic acids is 1. The van der Waals surface area contributed by atoms with Crippen molar-refractivity contribution in [3.05, 3.63) is 44.6 Å². The van der Waals surface area contributed by atoms with Crippen LogP contribution >= 0.6 is 27.3 Å². The molecule has 0 aliphatic carbocycles. The smallest absolute Gasteiger partial charge is 0.261 e. The highest BCUT2D eigenvalue weighted by Crippen LogP contribution is 2.30. The van der Waals surface area contributed by atoms with Crippen molar-refractivity contribution in [2.75, 3.05) is 14.2 Å². The lowest BCUT2D eigenvalue weighted by Gasteiger charge is -2.18. The van der Waals surface area contributed by atoms with Gasteiger partial charge in [0.1, 0.15) is 11.5 Å². The predicted octanol–water partition coefficient (Wildman–Crippen LogP) is 4.02. The molecule has 1 aromatic heterocycles. The highest BCUT2D eigenvalue weighted by atomic mass is 79.9. The molecule has 0 fully saturated rings. The minimum Gasteiger partial charge on any atom is -0.497 e. The largest absolute Gasteiger partial charge is 0.497 e. The second-order valence-electron chi connectivity index (χ2n) is 4.41. The number of hydrogen-bond donors (Lipinski definition) is 1. The molecular formula is C15H16BrNO3S. The summed E-state index contributed by atoms with van der Waals surface area (Å²) in [5, 5.41) is 2.97. The van der Waals surface area contributed by atoms with Gasteiger partial charge in [-0.2, -0.15) is 0 Å². The molecule has 0 bridgehead atoms. The fraction of sp³-hybridized carbons (Fsp3) is 0.267. The van der Waals surface area contributed by atoms with Gasteiger partial charge in [0.2, 0.25) is 0 Å². The molecule has 0 aliphatic heterocycles. The SMILES string of the molecule is COc1ccc(OC)c(C(C)NC(=O)c2ccc(Br)s2)c1. The number of rotatable bonds is 5. The van der Waals surface area contributed by atoms with E-state index in [2.05, 4.69) is 21.2 Å². The van der Waals surface area contributed by atoms with Crippen molar-refractivity contribution < 1.29 is 14.3 Å². The van der Waals surface area contributed by atoms with Crippen molar-refractivity contribution in [1.82, 2.24) is 5.32 Å². The molecule has 0 radical (unpaired) electrons. The van der Waals surface area contributed by atoms with Crippen molar-refractivity contribution in [3.8, 4) is 11.5 Å². The van der Waals surface area contributed by atoms with Gasteiger partial charge in [0, 0.05) is 5.56 Å². The maximum Gasteiger partial charge on any atom is 0.261 e. The maximum absolute atomic E-state index is 12.2. The van der Waals surface area contributed by atoms with Crippen LogP contribution in [0.15, 0.2) is 34.1 Å². The van der Waals surface area contributed by atoms with E-state index in [1.165, 1.54) is 11.3 Å². The van der Waals surface area contributed by atoms with Crippen molar-refractivity contribution in [1.29, 1.82) is 0 Å². The van der Waals surface area contributed by atoms with E-state index in [1.54, 1.807) is 20.3 Å². The summed E-state index contributed by atoms with van der Waals surface area (Å²) >= 11 is 4.75. The Morgan fingerprint density at radius 1 is 1.24 bits per heavy atom. The van der Waals surface area contributed by atoms with Crippen LogP contribution in [0.4, 0.5) is 0 Å². The first-order valence-electron chi connectivity index (χ1n) is 6.33. The van der Waals surface area contributed by atoms with Gasteiger partial charge in [0.25, 0.3) is 5.91 Å². The van der Waals surface area contributed by atoms with Gasteiger partial charge in [-0.1, -0.05) is 0 Å². The molecule has 1 aromatic carbocycles. The predicted molar refractivity (Wildman–Crippen MR) is 87.4 cm³/mol. The van der Waals surface area contributed by atoms with Gasteiger partial charge < -0.3 is 14.8 Å². The number of thiophene rings is 1. The molecule has 4 nitrogen and oxygen atoms in total. The van der Waals surface area contributed by atoms with Crippen LogP contribution in [0.3, 0.4) is 0 Å². The molecule has 0 spiro atoms. The highest BCUT2D eigenvalue weighted by Gasteiger charge is 2.17. The molecule has 1 heterocycles. The average molecular weight is 370 g/mol. The Bertz CT molecular complexity index is 642. The molecule has 21 heavy (non-hydrogen) atoms. The zero-order valence-electron chi connectivity index (χ0n) is 12.0. The Balaban J connectivity index is 2.19. The van der Waals surface area contributed by atoms with Gasteiger partial charge in [-0.25, -0.2) is 0 Å². The highest BCUT2D eigenvalue weighted by molar-refractivity contribution is 9.11. The van der Waals surface area contributed by atoms with Crippen LogP contribution in [0.25, 0.3) is 0 Å². The van der Waals surface area contributed by atoms with E-state index >= 15 is 0 Å². The Morgan fingerprint density at radius 3 is 2.57 bits per heavy atom. The summed E-state index contributed by atoms with van der Waals surface area (Å²) < 4.78 is 11.5. The second kappa shape index (κ2) is 6.95. The van der Waals surface area contributed by atoms with Crippen LogP contribution in [0.1, 0.15) is 28.2 Å². The standard InChI is InChI=1S/C15H16BrNO3S/c1-9(17-15(18)13-6-7-14(16)21-13)11-8-10(19-2)4-5-12(11)20-3/h4-9H,1-3H3,(H,17,18). The van der Waals surface area contributed by atoms with Gasteiger partial charge in [-0.05, 0) is 53.2 Å². The molecule has 6 heteroatoms. The first-order valence-corrected chi connectivity index (χ1v) is 7.94. The summed E-state index contributed by atoms with van der Waals surface area (Å²) in [6.07, 6.45) is 0. The summed E-state index contributed by atoms with van der Waals surface area (Å²) in [6.45, 7) is 1.91. The molecule has 0 saturated heterocycles. The molecule has 0 saturated carbocycles. The van der Waals surface area contributed by atoms with E-state index in [-0.39, 0.29) is 11.9 Å². The van der Waals surface area contributed by atoms with E-state index in [4.69, 9.17) is 9.47 Å². The minimum atomic E-state index is -0.191. The summed E-state index contributed by atoms with van der Waals surface area (Å²) in [4.78, 5) is 12.9. The van der Waals surface area contributed by atoms with Gasteiger partial charge in [0.05, 0.1) is 28.9 Å². The molecule has 0 aliphatic rings. The zero-order chi connectivity index (χ0) is 15.4. The summed E-state index contributed by atoms with van der Waals surface area (Å²) in [5.41, 5.74) is 0.876. The Morgan fingerprint density at radius 2 is 2.00 bits per heavy atom. The van der Waals surface area contributed by atoms with Gasteiger partial charge >= 0.3 is 0 Å². The number of methoxy groups -OCH3 is 2. The quantitative estimate of drug-likeness (QED) is 0.865. The zero-order valence-corrected chi connectivity index (χ0v) is 14.4. The number of nitrogens with one attached hydrogen (secondary N) is 1. The first-order chi connectivity index (χ1) is 10.0. The number of hydrogen-bond acceptors (Lipinski definition) is 4. The van der Waals surface area contributed by atoms with Crippen LogP contribution in [0.5, 0.6) is 11.5 Å². The van der Waals surface area contributed by atoms with Crippen LogP contribution in [0.2, 0.25) is 0 Å². The van der Waals surface area contributed by atoms with E-state index < -0.39 is 0 Å². The molecule has 2 aromatic rings. The third-order valence-electron chi connectivity index (χ3n) is 3.05. The number of amides is 1. The molecule has 1 amide bonds. The monoisotopic (exact) mass is 369 g/mol. The lowest BCUT2D eigenvalue weighted by molar-refractivity contribution is 0.0943. The first kappa shape index (κ1) is 15.9. The number of carbonyl (C=O) groups is 1. The normalized spacial score (nSPS) is 11.8. The van der Waals surface area contributed by atoms with E-state index in [9.17, 15) is 4.79 Å². The lowest BCUT2D eigenvalue weighted by atomic mass is 10.1. The van der Waals surface area contributed by atoms with E-state index in [0.717, 1.165) is 20.8 Å². The van der Waals surface area contributed by atoms with Crippen LogP contribution < -0.4 is 14.8 Å². The molecular weight excluding hydrogens is 354 g/mol. The maximum atomic E-state index is 12.2. The second-order valence-corrected chi connectivity index (χ2v) is 6.87. The van der Waals surface area contributed by atoms with Crippen molar-refractivity contribution >= 4 is 33.2 Å². The van der Waals surface area contributed by atoms with Crippen LogP contribution in [-0.2, 0) is 0 Å². The summed E-state index contributed by atoms with van der Waals surface area (Å²) in [6, 6.07) is 8.99. The van der Waals surface area contributed by atoms with Crippen molar-refractivity contribution in [2.24, 2.45) is 0 Å². The van der Waals surface area contributed by atoms with E-state index in [1.807, 2.05) is 31.2 Å². The summed E-state index contributed by atoms with van der Waals surface area (Å²) in [7, 11) is 3.22. The van der Waals surface area contributed by atoms with Crippen LogP contribution in [-0.4, -0.2) is 20.1 Å². The minimum absolute atomic E-state index is 0.108. The number of benzene rings is 1. The third kappa shape index (κ3) is 3.77. The Labute approximate surface area is 136 Å². The number of halogens is 1. The average Bonchev–Trinajstić information content (AvgIpc) is 2.93. The van der Waals surface area contributed by atoms with Gasteiger partial charge in [-0.15, -0.1) is 11.3 Å². The molecule has 2 rings (SSSR count). The number of ether oxygens (including phenoxy) is 2. The topological polar surface area (TPSA) is 47.6 Å². The van der Waals surface area contributed by atoms with Gasteiger partial charge in [0.15, 0.2) is 0 Å². The van der Waals surface area contributed by atoms with Crippen molar-refractivity contribution in [2.45, 2.75) is 13.0 Å². The van der Waals surface area contributed by atoms with Crippen LogP contribution in [0, 0.1) is 0 Å². The molecule has 1 N–H and O–H groups in total. The van der Waals surface area contributed by atoms with E-state index in [0.29, 0.717) is 4.88 Å². The molecule has 112 valence electrons. The van der Waals surface area contributed by atoms with Gasteiger partial charge in [-0.3, -0.25) is 4.79 Å². The fourth-order valence-electron chi connectivity index (χ4n) is 1.96. The fourth-order valence-corrected chi connectivity index (χ4v) is 3.25. The van der Waals surface area contributed by atoms with Crippen molar-refractivity contribution in [3.63, 3.8) is 0 Å².